The number of benzene rings is 1. The first-order valence-corrected chi connectivity index (χ1v) is 9.41. The van der Waals surface area contributed by atoms with E-state index in [4.69, 9.17) is 11.6 Å². The minimum Gasteiger partial charge on any atom is -0.292 e. The summed E-state index contributed by atoms with van der Waals surface area (Å²) in [6.07, 6.45) is -3.57. The van der Waals surface area contributed by atoms with Gasteiger partial charge in [0.25, 0.3) is 5.56 Å². The summed E-state index contributed by atoms with van der Waals surface area (Å²) in [7, 11) is -1.98. The van der Waals surface area contributed by atoms with Gasteiger partial charge in [0.15, 0.2) is 0 Å². The standard InChI is InChI=1S/C16H15ClF3N3O4S/c1-4-7-21(2)28(26,27)12-8-10(5-6-11(12)17)23-14(24)9-13(16(18,19)20)22(3)15(23)25/h4-6,8-9H,1,7H2,2-3H3. The molecule has 2 aromatic rings. The molecule has 0 bridgehead atoms. The molecule has 0 saturated carbocycles. The van der Waals surface area contributed by atoms with Crippen LogP contribution < -0.4 is 11.2 Å². The van der Waals surface area contributed by atoms with E-state index in [0.717, 1.165) is 29.6 Å². The van der Waals surface area contributed by atoms with E-state index in [-0.39, 0.29) is 27.9 Å². The van der Waals surface area contributed by atoms with E-state index in [1.54, 1.807) is 0 Å². The van der Waals surface area contributed by atoms with Crippen molar-refractivity contribution in [3.63, 3.8) is 0 Å². The minimum absolute atomic E-state index is 0.0368. The zero-order valence-corrected chi connectivity index (χ0v) is 16.3. The summed E-state index contributed by atoms with van der Waals surface area (Å²) in [5, 5.41) is -0.184. The maximum Gasteiger partial charge on any atom is 0.431 e. The van der Waals surface area contributed by atoms with Gasteiger partial charge in [-0.2, -0.15) is 17.5 Å². The zero-order chi connectivity index (χ0) is 21.4. The lowest BCUT2D eigenvalue weighted by atomic mass is 10.3. The Labute approximate surface area is 162 Å². The van der Waals surface area contributed by atoms with Crippen LogP contribution in [-0.4, -0.2) is 35.4 Å². The van der Waals surface area contributed by atoms with Crippen molar-refractivity contribution in [1.82, 2.24) is 13.4 Å². The van der Waals surface area contributed by atoms with Gasteiger partial charge in [-0.25, -0.2) is 17.8 Å². The van der Waals surface area contributed by atoms with Gasteiger partial charge in [-0.1, -0.05) is 17.7 Å². The smallest absolute Gasteiger partial charge is 0.292 e. The summed E-state index contributed by atoms with van der Waals surface area (Å²) < 4.78 is 65.7. The lowest BCUT2D eigenvalue weighted by Crippen LogP contribution is -2.40. The van der Waals surface area contributed by atoms with Gasteiger partial charge in [0, 0.05) is 26.7 Å². The first-order valence-electron chi connectivity index (χ1n) is 7.59. The van der Waals surface area contributed by atoms with Gasteiger partial charge in [0.1, 0.15) is 10.6 Å². The molecule has 0 radical (unpaired) electrons. The molecule has 1 aromatic carbocycles. The molecule has 0 aliphatic carbocycles. The first kappa shape index (κ1) is 21.9. The molecular formula is C16H15ClF3N3O4S. The number of rotatable bonds is 5. The molecule has 1 heterocycles. The van der Waals surface area contributed by atoms with Crippen LogP contribution in [0.1, 0.15) is 5.69 Å². The fourth-order valence-electron chi connectivity index (χ4n) is 2.41. The molecule has 0 amide bonds. The second-order valence-corrected chi connectivity index (χ2v) is 8.15. The normalized spacial score (nSPS) is 12.4. The van der Waals surface area contributed by atoms with Crippen LogP contribution in [0.2, 0.25) is 5.02 Å². The van der Waals surface area contributed by atoms with E-state index >= 15 is 0 Å². The largest absolute Gasteiger partial charge is 0.431 e. The number of halogens is 4. The van der Waals surface area contributed by atoms with Crippen molar-refractivity contribution >= 4 is 21.6 Å². The molecular weight excluding hydrogens is 423 g/mol. The van der Waals surface area contributed by atoms with Crippen molar-refractivity contribution in [2.75, 3.05) is 13.6 Å². The van der Waals surface area contributed by atoms with Crippen molar-refractivity contribution in [3.8, 4) is 5.69 Å². The molecule has 28 heavy (non-hydrogen) atoms. The molecule has 152 valence electrons. The highest BCUT2D eigenvalue weighted by atomic mass is 35.5. The molecule has 0 fully saturated rings. The van der Waals surface area contributed by atoms with Gasteiger partial charge in [0.2, 0.25) is 10.0 Å². The van der Waals surface area contributed by atoms with Crippen molar-refractivity contribution in [2.45, 2.75) is 11.1 Å². The Morgan fingerprint density at radius 2 is 1.86 bits per heavy atom. The van der Waals surface area contributed by atoms with E-state index in [1.165, 1.54) is 13.1 Å². The third kappa shape index (κ3) is 3.91. The van der Waals surface area contributed by atoms with Crippen molar-refractivity contribution in [3.05, 3.63) is 68.5 Å². The number of hydrogen-bond donors (Lipinski definition) is 0. The van der Waals surface area contributed by atoms with Gasteiger partial charge in [-0.05, 0) is 18.2 Å². The van der Waals surface area contributed by atoms with E-state index < -0.39 is 38.0 Å². The van der Waals surface area contributed by atoms with Crippen LogP contribution in [-0.2, 0) is 23.2 Å². The zero-order valence-electron chi connectivity index (χ0n) is 14.7. The minimum atomic E-state index is -4.91. The average Bonchev–Trinajstić information content (AvgIpc) is 2.58. The number of hydrogen-bond acceptors (Lipinski definition) is 4. The van der Waals surface area contributed by atoms with Crippen LogP contribution in [0.25, 0.3) is 5.69 Å². The van der Waals surface area contributed by atoms with E-state index in [1.807, 2.05) is 0 Å². The number of likely N-dealkylation sites (N-methyl/N-ethyl adjacent to an activating group) is 1. The summed E-state index contributed by atoms with van der Waals surface area (Å²) in [5.41, 5.74) is -4.22. The Hall–Kier alpha value is -2.37. The highest BCUT2D eigenvalue weighted by Crippen LogP contribution is 2.28. The van der Waals surface area contributed by atoms with Crippen LogP contribution >= 0.6 is 11.6 Å². The van der Waals surface area contributed by atoms with Crippen LogP contribution in [0.15, 0.2) is 51.4 Å². The molecule has 0 unspecified atom stereocenters. The van der Waals surface area contributed by atoms with Crippen LogP contribution in [0.4, 0.5) is 13.2 Å². The monoisotopic (exact) mass is 437 g/mol. The predicted octanol–water partition coefficient (Wildman–Crippen LogP) is 2.01. The van der Waals surface area contributed by atoms with E-state index in [2.05, 4.69) is 6.58 Å². The highest BCUT2D eigenvalue weighted by Gasteiger charge is 2.35. The van der Waals surface area contributed by atoms with E-state index in [0.29, 0.717) is 4.57 Å². The number of nitrogens with zero attached hydrogens (tertiary/aromatic N) is 3. The molecule has 1 aromatic heterocycles. The van der Waals surface area contributed by atoms with Gasteiger partial charge >= 0.3 is 11.9 Å². The second kappa shape index (κ2) is 7.57. The molecule has 0 aliphatic heterocycles. The Bertz CT molecular complexity index is 1150. The van der Waals surface area contributed by atoms with Gasteiger partial charge < -0.3 is 0 Å². The van der Waals surface area contributed by atoms with Crippen LogP contribution in [0.3, 0.4) is 0 Å². The molecule has 0 spiro atoms. The maximum atomic E-state index is 13.0. The lowest BCUT2D eigenvalue weighted by molar-refractivity contribution is -0.144. The average molecular weight is 438 g/mol. The molecule has 0 N–H and O–H groups in total. The number of aromatic nitrogens is 2. The van der Waals surface area contributed by atoms with Crippen molar-refractivity contribution in [2.24, 2.45) is 7.05 Å². The van der Waals surface area contributed by atoms with E-state index in [9.17, 15) is 31.2 Å². The fraction of sp³-hybridized carbons (Fsp3) is 0.250. The summed E-state index contributed by atoms with van der Waals surface area (Å²) in [5.74, 6) is 0. The van der Waals surface area contributed by atoms with Gasteiger partial charge in [-0.3, -0.25) is 9.36 Å². The Kier molecular flexibility index (Phi) is 5.93. The van der Waals surface area contributed by atoms with Crippen LogP contribution in [0, 0.1) is 0 Å². The summed E-state index contributed by atoms with van der Waals surface area (Å²) in [4.78, 5) is 24.1. The Morgan fingerprint density at radius 1 is 1.25 bits per heavy atom. The second-order valence-electron chi connectivity index (χ2n) is 5.73. The summed E-state index contributed by atoms with van der Waals surface area (Å²) >= 11 is 5.96. The summed E-state index contributed by atoms with van der Waals surface area (Å²) in [6, 6.07) is 3.50. The fourth-order valence-corrected chi connectivity index (χ4v) is 4.04. The quantitative estimate of drug-likeness (QED) is 0.670. The Morgan fingerprint density at radius 3 is 2.39 bits per heavy atom. The first-order chi connectivity index (χ1) is 12.8. The maximum absolute atomic E-state index is 13.0. The Balaban J connectivity index is 2.76. The highest BCUT2D eigenvalue weighted by molar-refractivity contribution is 7.89. The molecule has 2 rings (SSSR count). The molecule has 0 saturated heterocycles. The van der Waals surface area contributed by atoms with Gasteiger partial charge in [-0.15, -0.1) is 6.58 Å². The number of alkyl halides is 3. The van der Waals surface area contributed by atoms with Gasteiger partial charge in [0.05, 0.1) is 10.7 Å². The molecule has 0 atom stereocenters. The SMILES string of the molecule is C=CCN(C)S(=O)(=O)c1cc(-n2c(=O)cc(C(F)(F)F)n(C)c2=O)ccc1Cl. The van der Waals surface area contributed by atoms with Crippen LogP contribution in [0.5, 0.6) is 0 Å². The predicted molar refractivity (Wildman–Crippen MR) is 97.3 cm³/mol. The summed E-state index contributed by atoms with van der Waals surface area (Å²) in [6.45, 7) is 3.40. The molecule has 7 nitrogen and oxygen atoms in total. The van der Waals surface area contributed by atoms with Crippen molar-refractivity contribution in [1.29, 1.82) is 0 Å². The van der Waals surface area contributed by atoms with Crippen molar-refractivity contribution < 1.29 is 21.6 Å². The topological polar surface area (TPSA) is 81.4 Å². The third-order valence-electron chi connectivity index (χ3n) is 3.86. The molecule has 0 aliphatic rings. The lowest BCUT2D eigenvalue weighted by Gasteiger charge is -2.18. The third-order valence-corrected chi connectivity index (χ3v) is 6.16. The molecule has 12 heteroatoms. The number of sulfonamides is 1.